The minimum Gasteiger partial charge on any atom is -0.452 e. The first-order chi connectivity index (χ1) is 13.3. The summed E-state index contributed by atoms with van der Waals surface area (Å²) in [6.07, 6.45) is 1.13. The van der Waals surface area contributed by atoms with E-state index in [0.717, 1.165) is 30.8 Å². The van der Waals surface area contributed by atoms with Crippen molar-refractivity contribution in [2.24, 2.45) is 11.8 Å². The van der Waals surface area contributed by atoms with E-state index in [0.29, 0.717) is 29.6 Å². The number of aromatic nitrogens is 2. The van der Waals surface area contributed by atoms with Gasteiger partial charge in [0, 0.05) is 13.1 Å². The lowest BCUT2D eigenvalue weighted by Gasteiger charge is -2.34. The molecule has 1 aliphatic heterocycles. The Labute approximate surface area is 166 Å². The molecule has 1 amide bonds. The number of aryl methyl sites for hydroxylation is 1. The molecule has 0 bridgehead atoms. The SMILES string of the molecule is Cc1nn(Cc2ccccc2)c(C)c1C(=O)OCC(=O)N1CC(C)CC(C)C1. The zero-order chi connectivity index (χ0) is 20.3. The van der Waals surface area contributed by atoms with Gasteiger partial charge in [0.15, 0.2) is 6.61 Å². The van der Waals surface area contributed by atoms with Crippen LogP contribution >= 0.6 is 0 Å². The number of benzene rings is 1. The van der Waals surface area contributed by atoms with Crippen molar-refractivity contribution in [3.05, 3.63) is 52.8 Å². The molecule has 2 unspecified atom stereocenters. The maximum atomic E-state index is 12.6. The zero-order valence-electron chi connectivity index (χ0n) is 17.1. The second-order valence-electron chi connectivity index (χ2n) is 8.01. The van der Waals surface area contributed by atoms with Gasteiger partial charge in [0.2, 0.25) is 0 Å². The molecule has 0 saturated carbocycles. The third-order valence-electron chi connectivity index (χ3n) is 5.31. The molecular formula is C22H29N3O3. The van der Waals surface area contributed by atoms with Gasteiger partial charge in [-0.25, -0.2) is 4.79 Å². The summed E-state index contributed by atoms with van der Waals surface area (Å²) in [5, 5.41) is 4.48. The van der Waals surface area contributed by atoms with Crippen LogP contribution in [0, 0.1) is 25.7 Å². The molecule has 2 atom stereocenters. The fraction of sp³-hybridized carbons (Fsp3) is 0.500. The van der Waals surface area contributed by atoms with Gasteiger partial charge in [-0.3, -0.25) is 9.48 Å². The Balaban J connectivity index is 1.63. The Morgan fingerprint density at radius 3 is 2.39 bits per heavy atom. The molecule has 1 aromatic carbocycles. The van der Waals surface area contributed by atoms with Crippen molar-refractivity contribution in [2.75, 3.05) is 19.7 Å². The van der Waals surface area contributed by atoms with Gasteiger partial charge in [-0.2, -0.15) is 5.10 Å². The molecule has 2 heterocycles. The van der Waals surface area contributed by atoms with Crippen LogP contribution in [0.15, 0.2) is 30.3 Å². The summed E-state index contributed by atoms with van der Waals surface area (Å²) in [6, 6.07) is 9.96. The van der Waals surface area contributed by atoms with Crippen LogP contribution in [0.2, 0.25) is 0 Å². The number of hydrogen-bond donors (Lipinski definition) is 0. The van der Waals surface area contributed by atoms with E-state index in [9.17, 15) is 9.59 Å². The number of carbonyl (C=O) groups is 2. The maximum absolute atomic E-state index is 12.6. The molecule has 6 heteroatoms. The first kappa shape index (κ1) is 20.1. The van der Waals surface area contributed by atoms with Crippen LogP contribution in [-0.2, 0) is 16.1 Å². The summed E-state index contributed by atoms with van der Waals surface area (Å²) >= 11 is 0. The summed E-state index contributed by atoms with van der Waals surface area (Å²) in [7, 11) is 0. The smallest absolute Gasteiger partial charge is 0.342 e. The van der Waals surface area contributed by atoms with E-state index in [4.69, 9.17) is 4.74 Å². The summed E-state index contributed by atoms with van der Waals surface area (Å²) in [5.74, 6) is 0.340. The summed E-state index contributed by atoms with van der Waals surface area (Å²) in [6.45, 7) is 9.77. The van der Waals surface area contributed by atoms with Gasteiger partial charge in [0.1, 0.15) is 5.56 Å². The van der Waals surface area contributed by atoms with Crippen molar-refractivity contribution in [3.8, 4) is 0 Å². The van der Waals surface area contributed by atoms with Gasteiger partial charge < -0.3 is 9.64 Å². The molecule has 0 aliphatic carbocycles. The molecule has 1 aromatic heterocycles. The van der Waals surface area contributed by atoms with Gasteiger partial charge in [0.25, 0.3) is 5.91 Å². The molecule has 1 aliphatic rings. The zero-order valence-corrected chi connectivity index (χ0v) is 17.1. The number of amides is 1. The van der Waals surface area contributed by atoms with Gasteiger partial charge in [-0.1, -0.05) is 44.2 Å². The summed E-state index contributed by atoms with van der Waals surface area (Å²) in [5.41, 5.74) is 2.92. The number of ether oxygens (including phenoxy) is 1. The molecule has 1 saturated heterocycles. The predicted molar refractivity (Wildman–Crippen MR) is 107 cm³/mol. The fourth-order valence-electron chi connectivity index (χ4n) is 4.06. The van der Waals surface area contributed by atoms with E-state index >= 15 is 0 Å². The second-order valence-corrected chi connectivity index (χ2v) is 8.01. The summed E-state index contributed by atoms with van der Waals surface area (Å²) < 4.78 is 7.16. The Kier molecular flexibility index (Phi) is 6.17. The predicted octanol–water partition coefficient (Wildman–Crippen LogP) is 3.21. The standard InChI is InChI=1S/C22H29N3O3/c1-15-10-16(2)12-24(11-15)20(26)14-28-22(27)21-17(3)23-25(18(21)4)13-19-8-6-5-7-9-19/h5-9,15-16H,10-14H2,1-4H3. The Morgan fingerprint density at radius 1 is 1.11 bits per heavy atom. The number of esters is 1. The second kappa shape index (κ2) is 8.59. The Hall–Kier alpha value is -2.63. The molecule has 28 heavy (non-hydrogen) atoms. The number of likely N-dealkylation sites (tertiary alicyclic amines) is 1. The lowest BCUT2D eigenvalue weighted by molar-refractivity contribution is -0.137. The lowest BCUT2D eigenvalue weighted by atomic mass is 9.92. The van der Waals surface area contributed by atoms with Gasteiger partial charge >= 0.3 is 5.97 Å². The topological polar surface area (TPSA) is 64.4 Å². The van der Waals surface area contributed by atoms with Crippen molar-refractivity contribution in [3.63, 3.8) is 0 Å². The summed E-state index contributed by atoms with van der Waals surface area (Å²) in [4.78, 5) is 26.9. The van der Waals surface area contributed by atoms with E-state index in [-0.39, 0.29) is 12.5 Å². The van der Waals surface area contributed by atoms with Crippen LogP contribution in [0.3, 0.4) is 0 Å². The fourth-order valence-corrected chi connectivity index (χ4v) is 4.06. The molecule has 0 N–H and O–H groups in total. The number of carbonyl (C=O) groups excluding carboxylic acids is 2. The monoisotopic (exact) mass is 383 g/mol. The number of hydrogen-bond acceptors (Lipinski definition) is 4. The molecular weight excluding hydrogens is 354 g/mol. The minimum atomic E-state index is -0.485. The first-order valence-electron chi connectivity index (χ1n) is 9.88. The molecule has 1 fully saturated rings. The van der Waals surface area contributed by atoms with Crippen LogP contribution in [0.25, 0.3) is 0 Å². The first-order valence-corrected chi connectivity index (χ1v) is 9.88. The van der Waals surface area contributed by atoms with Crippen LogP contribution in [-0.4, -0.2) is 46.3 Å². The largest absolute Gasteiger partial charge is 0.452 e. The van der Waals surface area contributed by atoms with Gasteiger partial charge in [0.05, 0.1) is 17.9 Å². The third kappa shape index (κ3) is 4.61. The van der Waals surface area contributed by atoms with E-state index in [1.54, 1.807) is 11.6 Å². The van der Waals surface area contributed by atoms with Gasteiger partial charge in [-0.05, 0) is 37.7 Å². The highest BCUT2D eigenvalue weighted by Gasteiger charge is 2.27. The van der Waals surface area contributed by atoms with Crippen LogP contribution in [0.4, 0.5) is 0 Å². The molecule has 3 rings (SSSR count). The van der Waals surface area contributed by atoms with E-state index in [1.165, 1.54) is 0 Å². The van der Waals surface area contributed by atoms with Crippen molar-refractivity contribution in [1.82, 2.24) is 14.7 Å². The normalized spacial score (nSPS) is 19.5. The van der Waals surface area contributed by atoms with Crippen molar-refractivity contribution in [2.45, 2.75) is 40.7 Å². The number of nitrogens with zero attached hydrogens (tertiary/aromatic N) is 3. The highest BCUT2D eigenvalue weighted by atomic mass is 16.5. The average Bonchev–Trinajstić information content (AvgIpc) is 2.93. The molecule has 0 spiro atoms. The molecule has 0 radical (unpaired) electrons. The van der Waals surface area contributed by atoms with Crippen molar-refractivity contribution in [1.29, 1.82) is 0 Å². The Morgan fingerprint density at radius 2 is 1.75 bits per heavy atom. The average molecular weight is 383 g/mol. The third-order valence-corrected chi connectivity index (χ3v) is 5.31. The maximum Gasteiger partial charge on any atom is 0.342 e. The number of piperidine rings is 1. The highest BCUT2D eigenvalue weighted by molar-refractivity contribution is 5.93. The minimum absolute atomic E-state index is 0.126. The molecule has 6 nitrogen and oxygen atoms in total. The van der Waals surface area contributed by atoms with Crippen LogP contribution in [0.1, 0.15) is 47.6 Å². The highest BCUT2D eigenvalue weighted by Crippen LogP contribution is 2.21. The van der Waals surface area contributed by atoms with Gasteiger partial charge in [-0.15, -0.1) is 0 Å². The van der Waals surface area contributed by atoms with Crippen LogP contribution < -0.4 is 0 Å². The van der Waals surface area contributed by atoms with E-state index in [1.807, 2.05) is 42.2 Å². The van der Waals surface area contributed by atoms with E-state index in [2.05, 4.69) is 18.9 Å². The van der Waals surface area contributed by atoms with Crippen molar-refractivity contribution >= 4 is 11.9 Å². The van der Waals surface area contributed by atoms with Crippen molar-refractivity contribution < 1.29 is 14.3 Å². The van der Waals surface area contributed by atoms with E-state index < -0.39 is 5.97 Å². The quantitative estimate of drug-likeness (QED) is 0.744. The Bertz CT molecular complexity index is 834. The van der Waals surface area contributed by atoms with Crippen LogP contribution in [0.5, 0.6) is 0 Å². The molecule has 150 valence electrons. The number of rotatable bonds is 5. The molecule has 2 aromatic rings. The lowest BCUT2D eigenvalue weighted by Crippen LogP contribution is -2.44.